The number of carbonyl (C=O) groups is 10. The van der Waals surface area contributed by atoms with E-state index in [9.17, 15) is 171 Å². The van der Waals surface area contributed by atoms with Crippen LogP contribution in [0.25, 0.3) is 0 Å². The van der Waals surface area contributed by atoms with Crippen molar-refractivity contribution >= 4 is 59.7 Å². The van der Waals surface area contributed by atoms with Crippen molar-refractivity contribution in [1.82, 2.24) is 29.4 Å². The molecule has 55 nitrogen and oxygen atoms in total. The Morgan fingerprint density at radius 3 is 0.915 bits per heavy atom. The number of esters is 2. The molecule has 24 N–H and O–H groups in total. The van der Waals surface area contributed by atoms with Crippen LogP contribution in [0.1, 0.15) is 13.3 Å². The molecule has 6 fully saturated rings. The fraction of sp³-hybridized carbons (Fsp3) is 0.867. The van der Waals surface area contributed by atoms with Crippen molar-refractivity contribution < 1.29 is 242 Å². The van der Waals surface area contributed by atoms with Gasteiger partial charge in [0.25, 0.3) is 0 Å². The molecule has 6 aliphatic rings. The van der Waals surface area contributed by atoms with Gasteiger partial charge in [0, 0.05) is 96.2 Å². The van der Waals surface area contributed by atoms with Crippen molar-refractivity contribution in [2.75, 3.05) is 224 Å². The maximum atomic E-state index is 13.7. The number of carboxylic acids is 8. The van der Waals surface area contributed by atoms with Crippen LogP contribution >= 0.6 is 0 Å². The van der Waals surface area contributed by atoms with Gasteiger partial charge in [-0.3, -0.25) is 77.3 Å². The highest BCUT2D eigenvalue weighted by Gasteiger charge is 2.54. The van der Waals surface area contributed by atoms with Crippen molar-refractivity contribution in [3.8, 4) is 0 Å². The number of rotatable bonds is 61. The number of ether oxygens (including phenoxy) is 15. The van der Waals surface area contributed by atoms with Gasteiger partial charge in [-0.1, -0.05) is 0 Å². The summed E-state index contributed by atoms with van der Waals surface area (Å²) in [6, 6.07) is 0. The third-order valence-corrected chi connectivity index (χ3v) is 22.5. The lowest BCUT2D eigenvalue weighted by Crippen LogP contribution is -2.62. The first-order chi connectivity index (χ1) is 61.4. The van der Waals surface area contributed by atoms with E-state index in [-0.39, 0.29) is 65.6 Å². The van der Waals surface area contributed by atoms with Gasteiger partial charge < -0.3 is 194 Å². The van der Waals surface area contributed by atoms with E-state index in [1.807, 2.05) is 0 Å². The molecule has 6 aliphatic heterocycles. The van der Waals surface area contributed by atoms with Crippen LogP contribution in [0.5, 0.6) is 0 Å². The molecule has 130 heavy (non-hydrogen) atoms. The van der Waals surface area contributed by atoms with E-state index in [0.29, 0.717) is 0 Å². The molecule has 0 aromatic heterocycles. The summed E-state index contributed by atoms with van der Waals surface area (Å²) in [7, 11) is 1.28. The lowest BCUT2D eigenvalue weighted by Gasteiger charge is -2.46. The minimum Gasteiger partial charge on any atom is -0.480 e. The quantitative estimate of drug-likeness (QED) is 0.0251. The van der Waals surface area contributed by atoms with E-state index in [2.05, 4.69) is 0 Å². The van der Waals surface area contributed by atoms with Gasteiger partial charge in [-0.05, 0) is 6.92 Å². The van der Waals surface area contributed by atoms with E-state index in [1.54, 1.807) is 6.92 Å². The SMILES string of the molecule is CCOC1OC(CO)C(COCC2OC(COC(=O)CN(CCN(CCN(CC(=O)O)CC(=O)O)CC(=O)O)CC(=O)O)C(COCC3OC(O)(COC4OC(CO)C(COCC5OC(COC(=O)CN(CCN(CCN(CC(=O)O)CC(=O)O)CC(=O)O)CC(=O)O)C(COCC6OC(COC)C(O)[C@@H](O)[C@@H]6O)[C@@H](O)[C@@H]5O)[C@@H](O)[C@@H]4O)C(O)C[C@@H]3O)[C@@H](O)[C@@H]2O)[C@@H](O)[C@@H]1O. The highest BCUT2D eigenvalue weighted by atomic mass is 16.7. The molecule has 6 heterocycles. The highest BCUT2D eigenvalue weighted by molar-refractivity contribution is 5.76. The first kappa shape index (κ1) is 112. The lowest BCUT2D eigenvalue weighted by molar-refractivity contribution is -0.366. The predicted molar refractivity (Wildman–Crippen MR) is 418 cm³/mol. The fourth-order valence-electron chi connectivity index (χ4n) is 15.5. The lowest BCUT2D eigenvalue weighted by atomic mass is 9.87. The second-order valence-electron chi connectivity index (χ2n) is 32.2. The number of aliphatic hydroxyl groups is 16. The number of nitrogens with zero attached hydrogens (tertiary/aromatic N) is 6. The Bertz CT molecular complexity index is 3450. The number of carboxylic acid groups (broad SMARTS) is 8. The summed E-state index contributed by atoms with van der Waals surface area (Å²) in [6.07, 6.45) is -40.4. The average Bonchev–Trinajstić information content (AvgIpc) is 0.796. The van der Waals surface area contributed by atoms with Crippen LogP contribution < -0.4 is 0 Å². The fourth-order valence-corrected chi connectivity index (χ4v) is 15.5. The Labute approximate surface area is 742 Å². The Morgan fingerprint density at radius 2 is 0.592 bits per heavy atom. The predicted octanol–water partition coefficient (Wildman–Crippen LogP) is -15.3. The molecule has 55 heteroatoms. The molecule has 6 saturated heterocycles. The van der Waals surface area contributed by atoms with Gasteiger partial charge in [0.1, 0.15) is 99.2 Å². The van der Waals surface area contributed by atoms with Gasteiger partial charge in [0.15, 0.2) is 12.6 Å². The van der Waals surface area contributed by atoms with Crippen LogP contribution in [0.15, 0.2) is 0 Å². The number of aliphatic carboxylic acids is 8. The summed E-state index contributed by atoms with van der Waals surface area (Å²) in [5.41, 5.74) is 0. The van der Waals surface area contributed by atoms with Gasteiger partial charge in [0.05, 0.1) is 193 Å². The van der Waals surface area contributed by atoms with E-state index in [4.69, 9.17) is 71.1 Å². The van der Waals surface area contributed by atoms with Crippen LogP contribution in [-0.4, -0.2) is 588 Å². The second-order valence-corrected chi connectivity index (χ2v) is 32.2. The molecule has 0 aromatic rings. The normalized spacial score (nSPS) is 33.2. The van der Waals surface area contributed by atoms with Gasteiger partial charge in [0.2, 0.25) is 5.79 Å². The molecule has 18 unspecified atom stereocenters. The van der Waals surface area contributed by atoms with Gasteiger partial charge >= 0.3 is 59.7 Å². The van der Waals surface area contributed by atoms with Crippen molar-refractivity contribution in [1.29, 1.82) is 0 Å². The first-order valence-electron chi connectivity index (χ1n) is 41.6. The molecule has 6 rings (SSSR count). The van der Waals surface area contributed by atoms with E-state index < -0.39 is 394 Å². The molecular weight excluding hydrogens is 1770 g/mol. The molecule has 750 valence electrons. The Balaban J connectivity index is 1.11. The zero-order chi connectivity index (χ0) is 96.6. The smallest absolute Gasteiger partial charge is 0.320 e. The minimum atomic E-state index is -2.84. The van der Waals surface area contributed by atoms with Crippen molar-refractivity contribution in [2.24, 2.45) is 23.7 Å². The van der Waals surface area contributed by atoms with Crippen LogP contribution in [-0.2, 0) is 119 Å². The maximum Gasteiger partial charge on any atom is 0.320 e. The molecule has 29 atom stereocenters. The van der Waals surface area contributed by atoms with Crippen LogP contribution in [0.3, 0.4) is 0 Å². The number of hydrogen-bond donors (Lipinski definition) is 24. The number of hydrogen-bond acceptors (Lipinski definition) is 47. The summed E-state index contributed by atoms with van der Waals surface area (Å²) in [4.78, 5) is 127. The maximum absolute atomic E-state index is 13.7. The van der Waals surface area contributed by atoms with Crippen molar-refractivity contribution in [3.63, 3.8) is 0 Å². The monoisotopic (exact) mass is 1890 g/mol. The van der Waals surface area contributed by atoms with Crippen molar-refractivity contribution in [3.05, 3.63) is 0 Å². The van der Waals surface area contributed by atoms with Gasteiger partial charge in [-0.2, -0.15) is 0 Å². The molecule has 0 aromatic carbocycles. The zero-order valence-electron chi connectivity index (χ0n) is 71.3. The molecular formula is C75H126N6O49. The van der Waals surface area contributed by atoms with Gasteiger partial charge in [-0.15, -0.1) is 0 Å². The third-order valence-electron chi connectivity index (χ3n) is 22.5. The van der Waals surface area contributed by atoms with Crippen LogP contribution in [0.2, 0.25) is 0 Å². The zero-order valence-corrected chi connectivity index (χ0v) is 71.3. The third kappa shape index (κ3) is 35.5. The van der Waals surface area contributed by atoms with E-state index >= 15 is 0 Å². The summed E-state index contributed by atoms with van der Waals surface area (Å²) in [5, 5.41) is 254. The van der Waals surface area contributed by atoms with Crippen LogP contribution in [0, 0.1) is 23.7 Å². The summed E-state index contributed by atoms with van der Waals surface area (Å²) < 4.78 is 85.7. The largest absolute Gasteiger partial charge is 0.480 e. The first-order valence-corrected chi connectivity index (χ1v) is 41.6. The number of aliphatic hydroxyl groups excluding tert-OH is 15. The topological polar surface area (TPSA) is 814 Å². The Morgan fingerprint density at radius 1 is 0.315 bits per heavy atom. The molecule has 0 saturated carbocycles. The highest BCUT2D eigenvalue weighted by Crippen LogP contribution is 2.36. The summed E-state index contributed by atoms with van der Waals surface area (Å²) in [6.45, 7) is -17.7. The number of carbonyl (C=O) groups excluding carboxylic acids is 2. The van der Waals surface area contributed by atoms with Crippen molar-refractivity contribution in [2.45, 2.75) is 166 Å². The average molecular weight is 1900 g/mol. The van der Waals surface area contributed by atoms with Gasteiger partial charge in [-0.25, -0.2) is 0 Å². The minimum absolute atomic E-state index is 0.0581. The molecule has 0 bridgehead atoms. The van der Waals surface area contributed by atoms with E-state index in [1.165, 1.54) is 16.9 Å². The Kier molecular flexibility index (Phi) is 47.7. The molecule has 0 amide bonds. The molecule has 0 spiro atoms. The second kappa shape index (κ2) is 55.4. The molecule has 0 radical (unpaired) electrons. The number of methoxy groups -OCH3 is 1. The summed E-state index contributed by atoms with van der Waals surface area (Å²) in [5.74, 6) is -21.6. The Hall–Kier alpha value is -6.70. The molecule has 0 aliphatic carbocycles. The van der Waals surface area contributed by atoms with Crippen LogP contribution in [0.4, 0.5) is 0 Å². The standard InChI is InChI=1S/C75H126N6O49/c1-3-121-73-71(113)64(106)37(42(23-82)128-73)25-118-31-48-66(108)62(104)39(44(125-48)34-122-60(102)21-80(19-58(98)99)10-6-76(13-52(86)87)4-8-78(15-54(90)91)16-55(92)93)27-117-30-46-41(84)12-51(85)75(115,130-46)36-124-74-72(114)65(107)38(43(24-83)129-74)26-119-32-49-67(109)63(105)40(28-120-33-50-69(111)70(112)68(110)47(127-50)29-116-2)45(126-49)35-123-61(103)22-81(20-59(100)101)11-7-77(14-53(88)89)5-9-79(17-56(94)95)18-57(96)97/h37-51,62-74,82-85,104-115H,3-36H2,1-2H3,(H,86,87)(H,88,89)(H,90,91)(H,92,93)(H,94,95)(H,96,97)(H,98,99)(H,100,101)/t37?,38?,39?,40?,41-,42?,43?,44?,45?,46?,47?,48?,49?,50?,51?,62+,63+,64+,65+,66+,67+,68?,69+,70+,71-,72-,73?,74?,75?/m0/s1. The summed E-state index contributed by atoms with van der Waals surface area (Å²) >= 11 is 0. The van der Waals surface area contributed by atoms with E-state index in [0.717, 1.165) is 19.6 Å².